The fourth-order valence-electron chi connectivity index (χ4n) is 3.24. The van der Waals surface area contributed by atoms with Crippen LogP contribution in [0, 0.1) is 0 Å². The molecule has 2 heterocycles. The number of ether oxygens (including phenoxy) is 1. The van der Waals surface area contributed by atoms with Gasteiger partial charge >= 0.3 is 0 Å². The first-order chi connectivity index (χ1) is 9.78. The number of rotatable bonds is 4. The van der Waals surface area contributed by atoms with Gasteiger partial charge in [0, 0.05) is 18.0 Å². The van der Waals surface area contributed by atoms with Crippen molar-refractivity contribution in [3.05, 3.63) is 29.3 Å². The predicted octanol–water partition coefficient (Wildman–Crippen LogP) is 2.01. The summed E-state index contributed by atoms with van der Waals surface area (Å²) in [4.78, 5) is 14.5. The molecule has 20 heavy (non-hydrogen) atoms. The third-order valence-corrected chi connectivity index (χ3v) is 4.44. The minimum Gasteiger partial charge on any atom is -0.497 e. The molecule has 4 heteroatoms. The Morgan fingerprint density at radius 1 is 1.35 bits per heavy atom. The third kappa shape index (κ3) is 2.66. The van der Waals surface area contributed by atoms with Crippen LogP contribution in [0.25, 0.3) is 0 Å². The van der Waals surface area contributed by atoms with Gasteiger partial charge in [-0.2, -0.15) is 0 Å². The highest BCUT2D eigenvalue weighted by atomic mass is 16.5. The first-order valence-electron chi connectivity index (χ1n) is 7.46. The number of methoxy groups -OCH3 is 1. The first kappa shape index (κ1) is 13.4. The maximum absolute atomic E-state index is 11.9. The van der Waals surface area contributed by atoms with Crippen molar-refractivity contribution < 1.29 is 9.53 Å². The van der Waals surface area contributed by atoms with Crippen molar-refractivity contribution >= 4 is 5.91 Å². The molecule has 0 saturated carbocycles. The highest BCUT2D eigenvalue weighted by Gasteiger charge is 2.26. The Labute approximate surface area is 120 Å². The lowest BCUT2D eigenvalue weighted by molar-refractivity contribution is 0.0938. The van der Waals surface area contributed by atoms with E-state index in [0.717, 1.165) is 36.4 Å². The number of amides is 1. The van der Waals surface area contributed by atoms with E-state index in [1.165, 1.54) is 25.9 Å². The molecule has 1 unspecified atom stereocenters. The topological polar surface area (TPSA) is 41.6 Å². The van der Waals surface area contributed by atoms with Gasteiger partial charge in [0.05, 0.1) is 7.11 Å². The summed E-state index contributed by atoms with van der Waals surface area (Å²) in [5.41, 5.74) is 1.95. The summed E-state index contributed by atoms with van der Waals surface area (Å²) in [7, 11) is 1.67. The van der Waals surface area contributed by atoms with Gasteiger partial charge in [0.15, 0.2) is 0 Å². The van der Waals surface area contributed by atoms with Gasteiger partial charge < -0.3 is 15.0 Å². The second-order valence-electron chi connectivity index (χ2n) is 5.70. The fraction of sp³-hybridized carbons (Fsp3) is 0.562. The Hall–Kier alpha value is -1.55. The Morgan fingerprint density at radius 3 is 2.90 bits per heavy atom. The third-order valence-electron chi connectivity index (χ3n) is 4.44. The molecule has 1 saturated heterocycles. The van der Waals surface area contributed by atoms with E-state index >= 15 is 0 Å². The lowest BCUT2D eigenvalue weighted by Crippen LogP contribution is -2.36. The maximum atomic E-state index is 11.9. The highest BCUT2D eigenvalue weighted by molar-refractivity contribution is 5.97. The smallest absolute Gasteiger partial charge is 0.251 e. The number of benzene rings is 1. The average molecular weight is 274 g/mol. The van der Waals surface area contributed by atoms with Gasteiger partial charge in [-0.3, -0.25) is 4.79 Å². The zero-order valence-corrected chi connectivity index (χ0v) is 12.0. The van der Waals surface area contributed by atoms with E-state index in [2.05, 4.69) is 10.2 Å². The summed E-state index contributed by atoms with van der Waals surface area (Å²) in [6, 6.07) is 5.77. The number of nitrogens with one attached hydrogen (secondary N) is 1. The normalized spacial score (nSPS) is 22.4. The van der Waals surface area contributed by atoms with Gasteiger partial charge in [-0.05, 0) is 62.7 Å². The lowest BCUT2D eigenvalue weighted by atomic mass is 9.88. The van der Waals surface area contributed by atoms with Gasteiger partial charge in [0.1, 0.15) is 5.75 Å². The summed E-state index contributed by atoms with van der Waals surface area (Å²) >= 11 is 0. The van der Waals surface area contributed by atoms with E-state index in [1.807, 2.05) is 18.2 Å². The number of carbonyl (C=O) groups is 1. The van der Waals surface area contributed by atoms with Gasteiger partial charge in [0.25, 0.3) is 5.91 Å². The van der Waals surface area contributed by atoms with Gasteiger partial charge in [-0.25, -0.2) is 0 Å². The van der Waals surface area contributed by atoms with Crippen LogP contribution in [-0.4, -0.2) is 44.1 Å². The Kier molecular flexibility index (Phi) is 3.92. The largest absolute Gasteiger partial charge is 0.497 e. The molecule has 1 aromatic carbocycles. The molecule has 0 aromatic heterocycles. The molecule has 1 fully saturated rings. The maximum Gasteiger partial charge on any atom is 0.251 e. The van der Waals surface area contributed by atoms with Crippen molar-refractivity contribution in [2.45, 2.75) is 25.2 Å². The standard InChI is InChI=1S/C16H22N2O2/c1-20-13-4-5-14-15(10-13)12(11-17-16(14)19)6-9-18-7-2-3-8-18/h4-5,10,12H,2-3,6-9,11H2,1H3,(H,17,19). The number of nitrogens with zero attached hydrogens (tertiary/aromatic N) is 1. The van der Waals surface area contributed by atoms with E-state index in [-0.39, 0.29) is 5.91 Å². The zero-order valence-electron chi connectivity index (χ0n) is 12.0. The van der Waals surface area contributed by atoms with Crippen LogP contribution in [0.2, 0.25) is 0 Å². The Balaban J connectivity index is 1.75. The van der Waals surface area contributed by atoms with E-state index < -0.39 is 0 Å². The van der Waals surface area contributed by atoms with Crippen molar-refractivity contribution in [3.63, 3.8) is 0 Å². The summed E-state index contributed by atoms with van der Waals surface area (Å²) in [6.07, 6.45) is 3.75. The minimum atomic E-state index is 0.0417. The molecule has 108 valence electrons. The van der Waals surface area contributed by atoms with Crippen LogP contribution < -0.4 is 10.1 Å². The summed E-state index contributed by atoms with van der Waals surface area (Å²) in [5, 5.41) is 3.00. The van der Waals surface area contributed by atoms with Crippen molar-refractivity contribution in [1.82, 2.24) is 10.2 Å². The predicted molar refractivity (Wildman–Crippen MR) is 78.4 cm³/mol. The average Bonchev–Trinajstić information content (AvgIpc) is 2.99. The van der Waals surface area contributed by atoms with Crippen molar-refractivity contribution in [2.24, 2.45) is 0 Å². The van der Waals surface area contributed by atoms with Crippen LogP contribution in [0.4, 0.5) is 0 Å². The Bertz CT molecular complexity index is 495. The second-order valence-corrected chi connectivity index (χ2v) is 5.70. The van der Waals surface area contributed by atoms with Gasteiger partial charge in [-0.15, -0.1) is 0 Å². The molecule has 2 aliphatic heterocycles. The molecule has 2 aliphatic rings. The number of carbonyl (C=O) groups excluding carboxylic acids is 1. The quantitative estimate of drug-likeness (QED) is 0.913. The number of fused-ring (bicyclic) bond motifs is 1. The molecule has 1 amide bonds. The van der Waals surface area contributed by atoms with Crippen LogP contribution in [-0.2, 0) is 0 Å². The molecule has 3 rings (SSSR count). The van der Waals surface area contributed by atoms with Crippen LogP contribution in [0.15, 0.2) is 18.2 Å². The number of likely N-dealkylation sites (tertiary alicyclic amines) is 1. The molecule has 1 aromatic rings. The molecule has 0 spiro atoms. The van der Waals surface area contributed by atoms with E-state index in [1.54, 1.807) is 7.11 Å². The second kappa shape index (κ2) is 5.83. The molecule has 0 radical (unpaired) electrons. The SMILES string of the molecule is COc1ccc2c(c1)C(CCN1CCCC1)CNC2=O. The van der Waals surface area contributed by atoms with Crippen molar-refractivity contribution in [3.8, 4) is 5.75 Å². The van der Waals surface area contributed by atoms with Crippen molar-refractivity contribution in [2.75, 3.05) is 33.3 Å². The van der Waals surface area contributed by atoms with Crippen LogP contribution in [0.1, 0.15) is 41.1 Å². The van der Waals surface area contributed by atoms with Crippen LogP contribution in [0.3, 0.4) is 0 Å². The molecular weight excluding hydrogens is 252 g/mol. The molecule has 0 bridgehead atoms. The van der Waals surface area contributed by atoms with Gasteiger partial charge in [-0.1, -0.05) is 0 Å². The summed E-state index contributed by atoms with van der Waals surface area (Å²) in [5.74, 6) is 1.28. The first-order valence-corrected chi connectivity index (χ1v) is 7.46. The number of hydrogen-bond donors (Lipinski definition) is 1. The molecule has 0 aliphatic carbocycles. The lowest BCUT2D eigenvalue weighted by Gasteiger charge is -2.27. The molecule has 1 atom stereocenters. The highest BCUT2D eigenvalue weighted by Crippen LogP contribution is 2.30. The van der Waals surface area contributed by atoms with E-state index in [9.17, 15) is 4.79 Å². The summed E-state index contributed by atoms with van der Waals surface area (Å²) < 4.78 is 5.30. The van der Waals surface area contributed by atoms with Crippen LogP contribution >= 0.6 is 0 Å². The van der Waals surface area contributed by atoms with E-state index in [0.29, 0.717) is 5.92 Å². The number of hydrogen-bond acceptors (Lipinski definition) is 3. The van der Waals surface area contributed by atoms with E-state index in [4.69, 9.17) is 4.74 Å². The molecule has 4 nitrogen and oxygen atoms in total. The van der Waals surface area contributed by atoms with Gasteiger partial charge in [0.2, 0.25) is 0 Å². The molecular formula is C16H22N2O2. The van der Waals surface area contributed by atoms with Crippen molar-refractivity contribution in [1.29, 1.82) is 0 Å². The van der Waals surface area contributed by atoms with Crippen LogP contribution in [0.5, 0.6) is 5.75 Å². The fourth-order valence-corrected chi connectivity index (χ4v) is 3.24. The molecule has 1 N–H and O–H groups in total. The minimum absolute atomic E-state index is 0.0417. The Morgan fingerprint density at radius 2 is 2.15 bits per heavy atom. The monoisotopic (exact) mass is 274 g/mol. The zero-order chi connectivity index (χ0) is 13.9. The summed E-state index contributed by atoms with van der Waals surface area (Å²) in [6.45, 7) is 4.32.